The van der Waals surface area contributed by atoms with Crippen LogP contribution in [0.15, 0.2) is 4.60 Å². The van der Waals surface area contributed by atoms with Crippen molar-refractivity contribution in [2.45, 2.75) is 32.6 Å². The second-order valence-electron chi connectivity index (χ2n) is 3.95. The monoisotopic (exact) mass is 255 g/mol. The van der Waals surface area contributed by atoms with E-state index >= 15 is 0 Å². The van der Waals surface area contributed by atoms with Gasteiger partial charge in [-0.05, 0) is 27.8 Å². The van der Waals surface area contributed by atoms with Crippen molar-refractivity contribution in [1.29, 1.82) is 5.26 Å². The molecule has 1 aromatic heterocycles. The molecule has 1 rings (SSSR count). The zero-order chi connectivity index (χ0) is 10.9. The van der Waals surface area contributed by atoms with Crippen molar-refractivity contribution in [2.75, 3.05) is 5.73 Å². The number of aromatic amines is 1. The molecule has 0 spiro atoms. The SMILES string of the molecule is CCC(C)(C)c1c(Br)[nH]c(N)c1C#N. The van der Waals surface area contributed by atoms with Crippen LogP contribution in [0.25, 0.3) is 0 Å². The number of hydrogen-bond acceptors (Lipinski definition) is 2. The quantitative estimate of drug-likeness (QED) is 0.854. The van der Waals surface area contributed by atoms with Gasteiger partial charge in [0.25, 0.3) is 0 Å². The molecule has 0 aliphatic rings. The number of H-pyrrole nitrogens is 1. The molecule has 1 aromatic rings. The summed E-state index contributed by atoms with van der Waals surface area (Å²) in [6.45, 7) is 6.29. The van der Waals surface area contributed by atoms with Crippen molar-refractivity contribution in [3.05, 3.63) is 15.7 Å². The van der Waals surface area contributed by atoms with Gasteiger partial charge in [-0.25, -0.2) is 0 Å². The van der Waals surface area contributed by atoms with E-state index in [0.717, 1.165) is 16.6 Å². The second-order valence-corrected chi connectivity index (χ2v) is 4.74. The first-order valence-corrected chi connectivity index (χ1v) is 5.30. The topological polar surface area (TPSA) is 65.6 Å². The number of hydrogen-bond donors (Lipinski definition) is 2. The van der Waals surface area contributed by atoms with E-state index in [1.54, 1.807) is 0 Å². The Bertz CT molecular complexity index is 385. The minimum Gasteiger partial charge on any atom is -0.384 e. The number of halogens is 1. The number of rotatable bonds is 2. The van der Waals surface area contributed by atoms with Gasteiger partial charge in [-0.15, -0.1) is 0 Å². The molecule has 0 saturated carbocycles. The number of anilines is 1. The van der Waals surface area contributed by atoms with Gasteiger partial charge in [0.2, 0.25) is 0 Å². The van der Waals surface area contributed by atoms with Gasteiger partial charge >= 0.3 is 0 Å². The molecule has 14 heavy (non-hydrogen) atoms. The first kappa shape index (κ1) is 11.1. The van der Waals surface area contributed by atoms with Crippen LogP contribution in [0.4, 0.5) is 5.82 Å². The summed E-state index contributed by atoms with van der Waals surface area (Å²) in [6, 6.07) is 2.14. The van der Waals surface area contributed by atoms with Crippen LogP contribution in [0.3, 0.4) is 0 Å². The molecule has 0 fully saturated rings. The van der Waals surface area contributed by atoms with E-state index in [9.17, 15) is 0 Å². The fraction of sp³-hybridized carbons (Fsp3) is 0.500. The molecule has 0 unspecified atom stereocenters. The van der Waals surface area contributed by atoms with Crippen LogP contribution in [-0.4, -0.2) is 4.98 Å². The normalized spacial score (nSPS) is 11.4. The fourth-order valence-corrected chi connectivity index (χ4v) is 2.36. The predicted octanol–water partition coefficient (Wildman–Crippen LogP) is 2.92. The predicted molar refractivity (Wildman–Crippen MR) is 60.9 cm³/mol. The van der Waals surface area contributed by atoms with Crippen LogP contribution >= 0.6 is 15.9 Å². The highest BCUT2D eigenvalue weighted by atomic mass is 79.9. The molecule has 0 radical (unpaired) electrons. The smallest absolute Gasteiger partial charge is 0.120 e. The molecule has 0 amide bonds. The Hall–Kier alpha value is -0.950. The van der Waals surface area contributed by atoms with Crippen LogP contribution in [-0.2, 0) is 5.41 Å². The summed E-state index contributed by atoms with van der Waals surface area (Å²) < 4.78 is 0.818. The summed E-state index contributed by atoms with van der Waals surface area (Å²) in [5.74, 6) is 0.441. The number of nitrogens with zero attached hydrogens (tertiary/aromatic N) is 1. The Morgan fingerprint density at radius 3 is 2.57 bits per heavy atom. The first-order chi connectivity index (χ1) is 6.44. The maximum Gasteiger partial charge on any atom is 0.120 e. The van der Waals surface area contributed by atoms with Crippen molar-refractivity contribution in [3.8, 4) is 6.07 Å². The van der Waals surface area contributed by atoms with Gasteiger partial charge in [0, 0.05) is 5.56 Å². The Balaban J connectivity index is 3.41. The third kappa shape index (κ3) is 1.64. The van der Waals surface area contributed by atoms with E-state index < -0.39 is 0 Å². The van der Waals surface area contributed by atoms with Gasteiger partial charge < -0.3 is 10.7 Å². The van der Waals surface area contributed by atoms with Gasteiger partial charge in [-0.3, -0.25) is 0 Å². The molecule has 4 heteroatoms. The lowest BCUT2D eigenvalue weighted by Gasteiger charge is -2.22. The first-order valence-electron chi connectivity index (χ1n) is 4.51. The molecular formula is C10H14BrN3. The number of aromatic nitrogens is 1. The summed E-state index contributed by atoms with van der Waals surface area (Å²) in [7, 11) is 0. The summed E-state index contributed by atoms with van der Waals surface area (Å²) in [4.78, 5) is 2.94. The van der Waals surface area contributed by atoms with Gasteiger partial charge in [0.1, 0.15) is 11.9 Å². The molecule has 0 aliphatic heterocycles. The van der Waals surface area contributed by atoms with Gasteiger partial charge in [0.05, 0.1) is 10.2 Å². The van der Waals surface area contributed by atoms with Crippen LogP contribution in [0.1, 0.15) is 38.3 Å². The molecule has 0 bridgehead atoms. The highest BCUT2D eigenvalue weighted by Crippen LogP contribution is 2.37. The van der Waals surface area contributed by atoms with Crippen molar-refractivity contribution in [3.63, 3.8) is 0 Å². The second kappa shape index (κ2) is 3.66. The lowest BCUT2D eigenvalue weighted by molar-refractivity contribution is 0.503. The third-order valence-electron chi connectivity index (χ3n) is 2.66. The van der Waals surface area contributed by atoms with Crippen molar-refractivity contribution in [1.82, 2.24) is 4.98 Å². The zero-order valence-corrected chi connectivity index (χ0v) is 10.2. The Morgan fingerprint density at radius 2 is 2.14 bits per heavy atom. The summed E-state index contributed by atoms with van der Waals surface area (Å²) in [5.41, 5.74) is 7.18. The van der Waals surface area contributed by atoms with Gasteiger partial charge in [-0.2, -0.15) is 5.26 Å². The highest BCUT2D eigenvalue weighted by Gasteiger charge is 2.27. The minimum atomic E-state index is -0.0436. The molecule has 0 aliphatic carbocycles. The van der Waals surface area contributed by atoms with Crippen LogP contribution in [0.5, 0.6) is 0 Å². The van der Waals surface area contributed by atoms with E-state index in [4.69, 9.17) is 11.0 Å². The molecule has 1 heterocycles. The highest BCUT2D eigenvalue weighted by molar-refractivity contribution is 9.10. The van der Waals surface area contributed by atoms with Crippen LogP contribution in [0, 0.1) is 11.3 Å². The van der Waals surface area contributed by atoms with E-state index in [1.807, 2.05) is 0 Å². The van der Waals surface area contributed by atoms with Crippen molar-refractivity contribution < 1.29 is 0 Å². The maximum atomic E-state index is 9.00. The molecule has 3 nitrogen and oxygen atoms in total. The van der Waals surface area contributed by atoms with Gasteiger partial charge in [-0.1, -0.05) is 20.8 Å². The Kier molecular flexibility index (Phi) is 2.91. The van der Waals surface area contributed by atoms with Crippen molar-refractivity contribution in [2.24, 2.45) is 0 Å². The Labute approximate surface area is 92.4 Å². The summed E-state index contributed by atoms with van der Waals surface area (Å²) in [5, 5.41) is 9.00. The summed E-state index contributed by atoms with van der Waals surface area (Å²) >= 11 is 3.40. The summed E-state index contributed by atoms with van der Waals surface area (Å²) in [6.07, 6.45) is 0.956. The number of nitriles is 1. The van der Waals surface area contributed by atoms with Gasteiger partial charge in [0.15, 0.2) is 0 Å². The van der Waals surface area contributed by atoms with Crippen LogP contribution < -0.4 is 5.73 Å². The molecule has 0 atom stereocenters. The molecule has 0 saturated heterocycles. The zero-order valence-electron chi connectivity index (χ0n) is 8.61. The lowest BCUT2D eigenvalue weighted by atomic mass is 9.82. The van der Waals surface area contributed by atoms with E-state index in [2.05, 4.69) is 47.8 Å². The average molecular weight is 256 g/mol. The molecule has 76 valence electrons. The fourth-order valence-electron chi connectivity index (χ4n) is 1.42. The van der Waals surface area contributed by atoms with E-state index in [0.29, 0.717) is 11.4 Å². The average Bonchev–Trinajstić information content (AvgIpc) is 2.40. The van der Waals surface area contributed by atoms with Crippen LogP contribution in [0.2, 0.25) is 0 Å². The van der Waals surface area contributed by atoms with E-state index in [-0.39, 0.29) is 5.41 Å². The number of nitrogens with one attached hydrogen (secondary N) is 1. The van der Waals surface area contributed by atoms with E-state index in [1.165, 1.54) is 0 Å². The maximum absolute atomic E-state index is 9.00. The lowest BCUT2D eigenvalue weighted by Crippen LogP contribution is -2.16. The largest absolute Gasteiger partial charge is 0.384 e. The molecule has 0 aromatic carbocycles. The van der Waals surface area contributed by atoms with Crippen molar-refractivity contribution >= 4 is 21.7 Å². The molecular weight excluding hydrogens is 242 g/mol. The minimum absolute atomic E-state index is 0.0436. The standard InChI is InChI=1S/C10H14BrN3/c1-4-10(2,3)7-6(5-12)9(13)14-8(7)11/h14H,4,13H2,1-3H3. The number of nitrogen functional groups attached to an aromatic ring is 1. The Morgan fingerprint density at radius 1 is 1.57 bits per heavy atom. The number of nitrogens with two attached hydrogens (primary N) is 1. The third-order valence-corrected chi connectivity index (χ3v) is 3.25. The molecule has 3 N–H and O–H groups in total.